The quantitative estimate of drug-likeness (QED) is 0.831. The highest BCUT2D eigenvalue weighted by Crippen LogP contribution is 2.50. The fourth-order valence-corrected chi connectivity index (χ4v) is 4.58. The van der Waals surface area contributed by atoms with Crippen molar-refractivity contribution in [1.29, 1.82) is 21.2 Å². The van der Waals surface area contributed by atoms with E-state index >= 15 is 0 Å². The summed E-state index contributed by atoms with van der Waals surface area (Å²) in [5.41, 5.74) is 0.612. The molecule has 0 bridgehead atoms. The first-order valence-corrected chi connectivity index (χ1v) is 9.38. The lowest BCUT2D eigenvalue weighted by Gasteiger charge is -2.47. The number of nitrogens with zero attached hydrogens (tertiary/aromatic N) is 4. The van der Waals surface area contributed by atoms with Crippen molar-refractivity contribution in [3.63, 3.8) is 0 Å². The monoisotopic (exact) mass is 357 g/mol. The van der Waals surface area contributed by atoms with Crippen LogP contribution in [0.4, 0.5) is 0 Å². The zero-order valence-corrected chi connectivity index (χ0v) is 15.5. The van der Waals surface area contributed by atoms with Crippen LogP contribution < -0.4 is 0 Å². The van der Waals surface area contributed by atoms with E-state index in [-0.39, 0.29) is 17.5 Å². The summed E-state index contributed by atoms with van der Waals surface area (Å²) in [6.45, 7) is 4.26. The molecule has 3 rings (SSSR count). The van der Waals surface area contributed by atoms with Gasteiger partial charge < -0.3 is 5.41 Å². The first-order chi connectivity index (χ1) is 13.1. The van der Waals surface area contributed by atoms with Crippen molar-refractivity contribution in [1.82, 2.24) is 4.90 Å². The Kier molecular flexibility index (Phi) is 5.41. The molecule has 1 aromatic carbocycles. The summed E-state index contributed by atoms with van der Waals surface area (Å²) in [4.78, 5) is 2.30. The van der Waals surface area contributed by atoms with Gasteiger partial charge in [-0.3, -0.25) is 4.90 Å². The molecule has 136 valence electrons. The van der Waals surface area contributed by atoms with Crippen molar-refractivity contribution in [2.75, 3.05) is 13.1 Å². The van der Waals surface area contributed by atoms with E-state index in [1.807, 2.05) is 25.1 Å². The summed E-state index contributed by atoms with van der Waals surface area (Å²) < 4.78 is 0. The average Bonchev–Trinajstić information content (AvgIpc) is 2.70. The standard InChI is InChI=1S/C22H23N5/c1-2-6-20-19-13-27(12-16-7-4-3-5-8-16)10-9-17(19)18(11-23)21(26)22(20,14-24)15-25/h3-5,7-9,18-20,26H,2,6,10,12-13H2,1H3/t18-,19-,20+/m0/s1. The molecule has 0 unspecified atom stereocenters. The Morgan fingerprint density at radius 3 is 2.48 bits per heavy atom. The molecule has 1 saturated carbocycles. The lowest BCUT2D eigenvalue weighted by molar-refractivity contribution is 0.155. The first-order valence-electron chi connectivity index (χ1n) is 9.38. The van der Waals surface area contributed by atoms with Crippen LogP contribution >= 0.6 is 0 Å². The average molecular weight is 357 g/mol. The normalized spacial score (nSPS) is 26.8. The van der Waals surface area contributed by atoms with Crippen molar-refractivity contribution in [3.8, 4) is 18.2 Å². The molecule has 1 N–H and O–H groups in total. The van der Waals surface area contributed by atoms with Crippen LogP contribution in [-0.2, 0) is 6.54 Å². The van der Waals surface area contributed by atoms with E-state index < -0.39 is 11.3 Å². The summed E-state index contributed by atoms with van der Waals surface area (Å²) >= 11 is 0. The SMILES string of the molecule is CCC[C@@H]1[C@H]2CN(Cc3ccccc3)CC=C2[C@H](C#N)C(=N)C1(C#N)C#N. The molecule has 5 heteroatoms. The van der Waals surface area contributed by atoms with Crippen molar-refractivity contribution < 1.29 is 0 Å². The predicted molar refractivity (Wildman–Crippen MR) is 102 cm³/mol. The molecule has 2 aliphatic rings. The van der Waals surface area contributed by atoms with Gasteiger partial charge in [0, 0.05) is 25.6 Å². The molecule has 3 atom stereocenters. The summed E-state index contributed by atoms with van der Waals surface area (Å²) in [6, 6.07) is 16.7. The van der Waals surface area contributed by atoms with Crippen LogP contribution in [0.3, 0.4) is 0 Å². The van der Waals surface area contributed by atoms with Gasteiger partial charge >= 0.3 is 0 Å². The van der Waals surface area contributed by atoms with E-state index in [1.54, 1.807) is 0 Å². The fraction of sp³-hybridized carbons (Fsp3) is 0.455. The second-order valence-electron chi connectivity index (χ2n) is 7.39. The first kappa shape index (κ1) is 18.8. The van der Waals surface area contributed by atoms with E-state index in [4.69, 9.17) is 5.41 Å². The van der Waals surface area contributed by atoms with Crippen molar-refractivity contribution >= 4 is 5.71 Å². The molecule has 0 amide bonds. The molecule has 0 saturated heterocycles. The summed E-state index contributed by atoms with van der Waals surface area (Å²) in [5, 5.41) is 37.9. The Hall–Kier alpha value is -2.94. The van der Waals surface area contributed by atoms with E-state index in [0.717, 1.165) is 25.1 Å². The number of hydrogen-bond donors (Lipinski definition) is 1. The minimum atomic E-state index is -1.51. The Balaban J connectivity index is 1.98. The van der Waals surface area contributed by atoms with Crippen LogP contribution in [0.25, 0.3) is 0 Å². The highest BCUT2D eigenvalue weighted by Gasteiger charge is 2.56. The number of hydrogen-bond acceptors (Lipinski definition) is 5. The maximum absolute atomic E-state index is 9.86. The molecule has 27 heavy (non-hydrogen) atoms. The van der Waals surface area contributed by atoms with Gasteiger partial charge in [-0.05, 0) is 23.5 Å². The molecule has 0 spiro atoms. The Morgan fingerprint density at radius 2 is 1.89 bits per heavy atom. The van der Waals surface area contributed by atoms with E-state index in [0.29, 0.717) is 13.0 Å². The van der Waals surface area contributed by atoms with Gasteiger partial charge in [0.25, 0.3) is 0 Å². The highest BCUT2D eigenvalue weighted by molar-refractivity contribution is 6.00. The predicted octanol–water partition coefficient (Wildman–Crippen LogP) is 3.67. The molecule has 5 nitrogen and oxygen atoms in total. The van der Waals surface area contributed by atoms with Crippen molar-refractivity contribution in [2.24, 2.45) is 23.2 Å². The number of nitrogens with one attached hydrogen (secondary N) is 1. The van der Waals surface area contributed by atoms with Gasteiger partial charge in [-0.1, -0.05) is 49.8 Å². The lowest BCUT2D eigenvalue weighted by Crippen LogP contribution is -2.53. The van der Waals surface area contributed by atoms with Gasteiger partial charge in [-0.15, -0.1) is 0 Å². The Labute approximate surface area is 160 Å². The molecular formula is C22H23N5. The van der Waals surface area contributed by atoms with Gasteiger partial charge in [0.15, 0.2) is 5.41 Å². The van der Waals surface area contributed by atoms with Crippen LogP contribution in [0.2, 0.25) is 0 Å². The number of benzene rings is 1. The van der Waals surface area contributed by atoms with Crippen LogP contribution in [0.5, 0.6) is 0 Å². The van der Waals surface area contributed by atoms with Crippen LogP contribution in [0.15, 0.2) is 42.0 Å². The summed E-state index contributed by atoms with van der Waals surface area (Å²) in [7, 11) is 0. The number of rotatable bonds is 4. The van der Waals surface area contributed by atoms with Gasteiger partial charge in [-0.25, -0.2) is 0 Å². The largest absolute Gasteiger partial charge is 0.305 e. The summed E-state index contributed by atoms with van der Waals surface area (Å²) in [5.74, 6) is -1.05. The van der Waals surface area contributed by atoms with Crippen LogP contribution in [0.1, 0.15) is 25.3 Å². The van der Waals surface area contributed by atoms with Gasteiger partial charge in [0.05, 0.1) is 23.9 Å². The molecule has 0 radical (unpaired) electrons. The van der Waals surface area contributed by atoms with Crippen LogP contribution in [0, 0.1) is 62.6 Å². The van der Waals surface area contributed by atoms with Crippen molar-refractivity contribution in [3.05, 3.63) is 47.5 Å². The highest BCUT2D eigenvalue weighted by atomic mass is 15.1. The summed E-state index contributed by atoms with van der Waals surface area (Å²) in [6.07, 6.45) is 3.59. The fourth-order valence-electron chi connectivity index (χ4n) is 4.58. The third-order valence-electron chi connectivity index (χ3n) is 5.89. The minimum Gasteiger partial charge on any atom is -0.305 e. The van der Waals surface area contributed by atoms with Gasteiger partial charge in [-0.2, -0.15) is 15.8 Å². The zero-order valence-electron chi connectivity index (χ0n) is 15.5. The second kappa shape index (κ2) is 7.75. The van der Waals surface area contributed by atoms with E-state index in [9.17, 15) is 15.8 Å². The molecule has 0 aromatic heterocycles. The topological polar surface area (TPSA) is 98.5 Å². The maximum Gasteiger partial charge on any atom is 0.185 e. The van der Waals surface area contributed by atoms with Crippen molar-refractivity contribution in [2.45, 2.75) is 26.3 Å². The molecule has 1 heterocycles. The molecule has 1 aliphatic heterocycles. The minimum absolute atomic E-state index is 0.0348. The smallest absolute Gasteiger partial charge is 0.185 e. The van der Waals surface area contributed by atoms with E-state index in [2.05, 4.69) is 41.3 Å². The Morgan fingerprint density at radius 1 is 1.19 bits per heavy atom. The molecule has 1 fully saturated rings. The third kappa shape index (κ3) is 3.14. The van der Waals surface area contributed by atoms with Crippen LogP contribution in [-0.4, -0.2) is 23.7 Å². The second-order valence-corrected chi connectivity index (χ2v) is 7.39. The molecule has 1 aromatic rings. The van der Waals surface area contributed by atoms with Gasteiger partial charge in [0.2, 0.25) is 0 Å². The third-order valence-corrected chi connectivity index (χ3v) is 5.89. The van der Waals surface area contributed by atoms with Gasteiger partial charge in [0.1, 0.15) is 5.92 Å². The van der Waals surface area contributed by atoms with E-state index in [1.165, 1.54) is 5.56 Å². The maximum atomic E-state index is 9.86. The molecule has 1 aliphatic carbocycles. The zero-order chi connectivity index (χ0) is 19.4. The Bertz CT molecular complexity index is 851. The lowest BCUT2D eigenvalue weighted by atomic mass is 9.55. The molecular weight excluding hydrogens is 334 g/mol. The number of fused-ring (bicyclic) bond motifs is 1. The number of nitriles is 3.